The molecule has 0 fully saturated rings. The van der Waals surface area contributed by atoms with Crippen molar-refractivity contribution >= 4 is 78.6 Å². The van der Waals surface area contributed by atoms with Crippen molar-refractivity contribution in [2.45, 2.75) is 25.6 Å². The summed E-state index contributed by atoms with van der Waals surface area (Å²) in [4.78, 5) is 0. The molecule has 0 rings (SSSR count). The van der Waals surface area contributed by atoms with Crippen molar-refractivity contribution in [3.8, 4) is 0 Å². The molecule has 0 aliphatic rings. The zero-order valence-electron chi connectivity index (χ0n) is 14.6. The Kier molecular flexibility index (Phi) is 12.1. The molecular formula is C7H18O9Si10. The minimum Gasteiger partial charge on any atom is -0.423 e. The molecule has 19 heteroatoms. The first-order valence-corrected chi connectivity index (χ1v) is 32.7. The van der Waals surface area contributed by atoms with Crippen LogP contribution in [-0.2, 0) is 40.1 Å². The van der Waals surface area contributed by atoms with Gasteiger partial charge in [-0.05, 0) is 6.42 Å². The van der Waals surface area contributed by atoms with Crippen molar-refractivity contribution in [1.82, 2.24) is 0 Å². The van der Waals surface area contributed by atoms with Gasteiger partial charge in [-0.1, -0.05) is 25.2 Å². The zero-order chi connectivity index (χ0) is 20.7. The van der Waals surface area contributed by atoms with Crippen LogP contribution in [-0.4, -0.2) is 85.7 Å². The van der Waals surface area contributed by atoms with Crippen LogP contribution in [0, 0.1) is 0 Å². The van der Waals surface area contributed by atoms with Gasteiger partial charge < -0.3 is 40.1 Å². The Hall–Kier alpha value is 0.269. The lowest BCUT2D eigenvalue weighted by Crippen LogP contribution is -2.55. The fraction of sp³-hybridized carbons (Fsp3) is 0.714. The first-order chi connectivity index (χ1) is 11.9. The maximum atomic E-state index is 12.5. The van der Waals surface area contributed by atoms with E-state index in [0.29, 0.717) is 12.5 Å². The van der Waals surface area contributed by atoms with Crippen LogP contribution in [0.1, 0.15) is 6.42 Å². The highest BCUT2D eigenvalue weighted by Crippen LogP contribution is 2.12. The molecule has 0 N–H and O–H groups in total. The maximum Gasteiger partial charge on any atom is 0.381 e. The maximum absolute atomic E-state index is 12.5. The summed E-state index contributed by atoms with van der Waals surface area (Å²) in [7, 11) is -28.8. The molecule has 0 aromatic rings. The van der Waals surface area contributed by atoms with E-state index < -0.39 is 78.6 Å². The molecule has 26 heavy (non-hydrogen) atoms. The van der Waals surface area contributed by atoms with Gasteiger partial charge in [-0.3, -0.25) is 0 Å². The summed E-state index contributed by atoms with van der Waals surface area (Å²) in [6.45, 7) is 7.00. The van der Waals surface area contributed by atoms with Crippen LogP contribution in [0.3, 0.4) is 0 Å². The summed E-state index contributed by atoms with van der Waals surface area (Å²) in [5.41, 5.74) is 0. The number of hydrogen-bond donors (Lipinski definition) is 0. The van der Waals surface area contributed by atoms with Crippen molar-refractivity contribution in [1.29, 1.82) is 0 Å². The van der Waals surface area contributed by atoms with E-state index in [4.69, 9.17) is 0 Å². The van der Waals surface area contributed by atoms with Crippen LogP contribution in [0.15, 0.2) is 12.7 Å². The predicted molar refractivity (Wildman–Crippen MR) is 104 cm³/mol. The molecule has 0 aliphatic carbocycles. The second-order valence-electron chi connectivity index (χ2n) is 5.87. The molecule has 0 aromatic heterocycles. The summed E-state index contributed by atoms with van der Waals surface area (Å²) < 4.78 is 102. The Labute approximate surface area is 163 Å². The summed E-state index contributed by atoms with van der Waals surface area (Å²) in [5.74, 6) is 0. The molecule has 0 bridgehead atoms. The smallest absolute Gasteiger partial charge is 0.381 e. The van der Waals surface area contributed by atoms with E-state index in [1.807, 2.05) is 0 Å². The Bertz CT molecular complexity index is 726. The fourth-order valence-electron chi connectivity index (χ4n) is 1.72. The van der Waals surface area contributed by atoms with E-state index >= 15 is 0 Å². The van der Waals surface area contributed by atoms with Crippen LogP contribution in [0.5, 0.6) is 0 Å². The highest BCUT2D eigenvalue weighted by atomic mass is 30.1. The standard InChI is InChI=1S/C7H18O9Si10/c1-5-6-7-26(3,4)25(15)24(14)23(13)22(12)21(11)20(10)19(9)18(8)17-16-2/h5H,1,6-7,17H2,2-4H3. The average molecular weight is 527 g/mol. The van der Waals surface area contributed by atoms with E-state index in [2.05, 4.69) is 11.0 Å². The lowest BCUT2D eigenvalue weighted by molar-refractivity contribution is 0.449. The Balaban J connectivity index is 5.26. The van der Waals surface area contributed by atoms with Gasteiger partial charge in [-0.25, -0.2) is 0 Å². The predicted octanol–water partition coefficient (Wildman–Crippen LogP) is -2.50. The molecule has 0 saturated carbocycles. The minimum atomic E-state index is -3.55. The van der Waals surface area contributed by atoms with Gasteiger partial charge in [-0.15, -0.1) is 6.58 Å². The van der Waals surface area contributed by atoms with Crippen molar-refractivity contribution in [2.75, 3.05) is 7.11 Å². The number of rotatable bonds is 13. The van der Waals surface area contributed by atoms with Gasteiger partial charge in [0.1, 0.15) is 7.59 Å². The van der Waals surface area contributed by atoms with Crippen LogP contribution in [0.4, 0.5) is 0 Å². The van der Waals surface area contributed by atoms with E-state index in [9.17, 15) is 35.7 Å². The normalized spacial score (nSPS) is 11.0. The Morgan fingerprint density at radius 2 is 1.27 bits per heavy atom. The third-order valence-electron chi connectivity index (χ3n) is 3.35. The number of allylic oxidation sites excluding steroid dienone is 1. The molecule has 0 spiro atoms. The Morgan fingerprint density at radius 1 is 0.846 bits per heavy atom. The summed E-state index contributed by atoms with van der Waals surface area (Å²) in [5, 5.41) is 0. The highest BCUT2D eigenvalue weighted by molar-refractivity contribution is 7.77. The Morgan fingerprint density at radius 3 is 1.69 bits per heavy atom. The van der Waals surface area contributed by atoms with Crippen LogP contribution < -0.4 is 0 Å². The van der Waals surface area contributed by atoms with Gasteiger partial charge in [-0.2, -0.15) is 0 Å². The molecule has 0 heterocycles. The van der Waals surface area contributed by atoms with Gasteiger partial charge in [0.05, 0.1) is 0 Å². The molecule has 9 nitrogen and oxygen atoms in total. The van der Waals surface area contributed by atoms with E-state index in [1.54, 1.807) is 19.2 Å². The van der Waals surface area contributed by atoms with Crippen molar-refractivity contribution < 1.29 is 40.1 Å². The molecule has 0 atom stereocenters. The monoisotopic (exact) mass is 526 g/mol. The molecule has 0 saturated heterocycles. The SMILES string of the molecule is C=CCC[Si](C)(C)[Si](=O)[Si](=O)[Si](=O)[Si](=O)[Si](=O)[Si](=O)[Si](=O)[Si](=O)[SiH2]OC. The lowest BCUT2D eigenvalue weighted by Gasteiger charge is -2.16. The first kappa shape index (κ1) is 26.3. The highest BCUT2D eigenvalue weighted by Gasteiger charge is 2.51. The molecular weight excluding hydrogens is 509 g/mol. The van der Waals surface area contributed by atoms with Crippen LogP contribution in [0.2, 0.25) is 19.1 Å². The summed E-state index contributed by atoms with van der Waals surface area (Å²) >= 11 is 0. The van der Waals surface area contributed by atoms with Crippen molar-refractivity contribution in [3.63, 3.8) is 0 Å². The van der Waals surface area contributed by atoms with Gasteiger partial charge in [0.15, 0.2) is 0 Å². The largest absolute Gasteiger partial charge is 0.423 e. The van der Waals surface area contributed by atoms with Gasteiger partial charge in [0, 0.05) is 7.11 Å². The molecule has 140 valence electrons. The van der Waals surface area contributed by atoms with E-state index in [-0.39, 0.29) is 0 Å². The van der Waals surface area contributed by atoms with Crippen LogP contribution in [0.25, 0.3) is 0 Å². The second kappa shape index (κ2) is 12.0. The average Bonchev–Trinajstić information content (AvgIpc) is 2.62. The quantitative estimate of drug-likeness (QED) is 0.188. The molecule has 0 aromatic carbocycles. The van der Waals surface area contributed by atoms with E-state index in [1.165, 1.54) is 7.11 Å². The molecule has 0 unspecified atom stereocenters. The topological polar surface area (TPSA) is 146 Å². The van der Waals surface area contributed by atoms with Crippen molar-refractivity contribution in [2.24, 2.45) is 0 Å². The van der Waals surface area contributed by atoms with Crippen LogP contribution >= 0.6 is 0 Å². The second-order valence-corrected chi connectivity index (χ2v) is 56.7. The third-order valence-corrected chi connectivity index (χ3v) is 78.7. The third kappa shape index (κ3) is 7.35. The van der Waals surface area contributed by atoms with Gasteiger partial charge in [0.2, 0.25) is 9.28 Å². The lowest BCUT2D eigenvalue weighted by atomic mass is 10.5. The molecule has 0 radical (unpaired) electrons. The number of hydrogen-bond acceptors (Lipinski definition) is 9. The minimum absolute atomic E-state index is 0.518. The van der Waals surface area contributed by atoms with E-state index in [0.717, 1.165) is 0 Å². The first-order valence-electron chi connectivity index (χ1n) is 7.35. The summed E-state index contributed by atoms with van der Waals surface area (Å²) in [6.07, 6.45) is 2.19. The summed E-state index contributed by atoms with van der Waals surface area (Å²) in [6, 6.07) is 0.518. The van der Waals surface area contributed by atoms with Gasteiger partial charge >= 0.3 is 61.7 Å². The molecule has 0 aliphatic heterocycles. The zero-order valence-corrected chi connectivity index (χ0v) is 25.0. The van der Waals surface area contributed by atoms with Crippen molar-refractivity contribution in [3.05, 3.63) is 12.7 Å². The fourth-order valence-corrected chi connectivity index (χ4v) is 105. The molecule has 0 amide bonds. The van der Waals surface area contributed by atoms with Gasteiger partial charge in [0.25, 0.3) is 0 Å².